The molecule has 1 saturated carbocycles. The van der Waals surface area contributed by atoms with Gasteiger partial charge in [-0.15, -0.1) is 0 Å². The van der Waals surface area contributed by atoms with Gasteiger partial charge in [-0.3, -0.25) is 9.59 Å². The molecule has 0 spiro atoms. The molecule has 0 unspecified atom stereocenters. The molecule has 0 radical (unpaired) electrons. The Hall–Kier alpha value is -1.79. The zero-order valence-electron chi connectivity index (χ0n) is 14.0. The molecule has 1 heterocycles. The van der Waals surface area contributed by atoms with Gasteiger partial charge >= 0.3 is 6.09 Å². The molecule has 130 valence electrons. The Labute approximate surface area is 137 Å². The molecule has 2 N–H and O–H groups in total. The number of piperidine rings is 1. The Bertz CT molecular complexity index is 454. The molecule has 23 heavy (non-hydrogen) atoms. The second kappa shape index (κ2) is 7.66. The van der Waals surface area contributed by atoms with Crippen LogP contribution in [0.5, 0.6) is 0 Å². The van der Waals surface area contributed by atoms with Gasteiger partial charge in [-0.2, -0.15) is 0 Å². The monoisotopic (exact) mass is 325 g/mol. The zero-order valence-corrected chi connectivity index (χ0v) is 14.0. The van der Waals surface area contributed by atoms with Crippen molar-refractivity contribution >= 4 is 17.9 Å². The standard InChI is InChI=1S/C16H27N3O4/c1-3-9-17-13(20)16(7-8-16)14(21)18-12-5-10-19(11-6-12)15(22)23-4-2/h12H,3-11H2,1-2H3,(H,17,20)(H,18,21). The van der Waals surface area contributed by atoms with E-state index in [1.54, 1.807) is 11.8 Å². The van der Waals surface area contributed by atoms with Gasteiger partial charge in [0.25, 0.3) is 0 Å². The number of nitrogens with zero attached hydrogens (tertiary/aromatic N) is 1. The molecule has 0 aromatic rings. The lowest BCUT2D eigenvalue weighted by Crippen LogP contribution is -2.50. The van der Waals surface area contributed by atoms with Gasteiger partial charge in [0.05, 0.1) is 6.61 Å². The van der Waals surface area contributed by atoms with Gasteiger partial charge in [-0.25, -0.2) is 4.79 Å². The SMILES string of the molecule is CCCNC(=O)C1(C(=O)NC2CCN(C(=O)OCC)CC2)CC1. The summed E-state index contributed by atoms with van der Waals surface area (Å²) in [6, 6.07) is 0.0182. The van der Waals surface area contributed by atoms with E-state index in [4.69, 9.17) is 4.74 Å². The van der Waals surface area contributed by atoms with Crippen molar-refractivity contribution in [2.75, 3.05) is 26.2 Å². The van der Waals surface area contributed by atoms with Crippen LogP contribution in [0.4, 0.5) is 4.79 Å². The maximum atomic E-state index is 12.4. The van der Waals surface area contributed by atoms with Gasteiger partial charge in [-0.1, -0.05) is 6.92 Å². The van der Waals surface area contributed by atoms with E-state index in [1.807, 2.05) is 6.92 Å². The van der Waals surface area contributed by atoms with Gasteiger partial charge in [-0.05, 0) is 39.0 Å². The Morgan fingerprint density at radius 1 is 1.13 bits per heavy atom. The highest BCUT2D eigenvalue weighted by Gasteiger charge is 2.56. The summed E-state index contributed by atoms with van der Waals surface area (Å²) < 4.78 is 4.98. The number of nitrogens with one attached hydrogen (secondary N) is 2. The van der Waals surface area contributed by atoms with Crippen molar-refractivity contribution in [1.82, 2.24) is 15.5 Å². The van der Waals surface area contributed by atoms with Crippen molar-refractivity contribution in [2.45, 2.75) is 52.0 Å². The van der Waals surface area contributed by atoms with E-state index >= 15 is 0 Å². The smallest absolute Gasteiger partial charge is 0.409 e. The lowest BCUT2D eigenvalue weighted by atomic mass is 10.0. The van der Waals surface area contributed by atoms with Crippen LogP contribution in [0.2, 0.25) is 0 Å². The molecule has 2 aliphatic rings. The number of carbonyl (C=O) groups is 3. The maximum absolute atomic E-state index is 12.4. The number of likely N-dealkylation sites (tertiary alicyclic amines) is 1. The summed E-state index contributed by atoms with van der Waals surface area (Å²) in [5.41, 5.74) is -0.854. The van der Waals surface area contributed by atoms with Crippen LogP contribution in [-0.4, -0.2) is 55.1 Å². The third-order valence-electron chi connectivity index (χ3n) is 4.51. The molecule has 1 saturated heterocycles. The summed E-state index contributed by atoms with van der Waals surface area (Å²) in [6.45, 7) is 5.87. The molecular formula is C16H27N3O4. The van der Waals surface area contributed by atoms with Gasteiger partial charge in [0.2, 0.25) is 11.8 Å². The number of amides is 3. The lowest BCUT2D eigenvalue weighted by molar-refractivity contribution is -0.137. The second-order valence-electron chi connectivity index (χ2n) is 6.27. The van der Waals surface area contributed by atoms with Crippen LogP contribution >= 0.6 is 0 Å². The average molecular weight is 325 g/mol. The highest BCUT2D eigenvalue weighted by atomic mass is 16.6. The average Bonchev–Trinajstić information content (AvgIpc) is 3.35. The van der Waals surface area contributed by atoms with Crippen LogP contribution < -0.4 is 10.6 Å². The highest BCUT2D eigenvalue weighted by Crippen LogP contribution is 2.46. The molecule has 1 aliphatic heterocycles. The van der Waals surface area contributed by atoms with Crippen molar-refractivity contribution in [2.24, 2.45) is 5.41 Å². The molecular weight excluding hydrogens is 298 g/mol. The molecule has 0 bridgehead atoms. The van der Waals surface area contributed by atoms with Gasteiger partial charge in [0.15, 0.2) is 0 Å². The van der Waals surface area contributed by atoms with Crippen LogP contribution in [0, 0.1) is 5.41 Å². The molecule has 0 aromatic carbocycles. The van der Waals surface area contributed by atoms with E-state index in [-0.39, 0.29) is 23.9 Å². The van der Waals surface area contributed by atoms with Gasteiger partial charge < -0.3 is 20.3 Å². The fourth-order valence-corrected chi connectivity index (χ4v) is 2.83. The first kappa shape index (κ1) is 17.6. The highest BCUT2D eigenvalue weighted by molar-refractivity contribution is 6.07. The first-order chi connectivity index (χ1) is 11.0. The van der Waals surface area contributed by atoms with Crippen LogP contribution in [0.25, 0.3) is 0 Å². The number of ether oxygens (including phenoxy) is 1. The van der Waals surface area contributed by atoms with E-state index in [0.717, 1.165) is 6.42 Å². The summed E-state index contributed by atoms with van der Waals surface area (Å²) in [6.07, 6.45) is 3.19. The second-order valence-corrected chi connectivity index (χ2v) is 6.27. The van der Waals surface area contributed by atoms with E-state index < -0.39 is 5.41 Å². The van der Waals surface area contributed by atoms with Crippen molar-refractivity contribution < 1.29 is 19.1 Å². The van der Waals surface area contributed by atoms with Crippen LogP contribution in [-0.2, 0) is 14.3 Å². The summed E-state index contributed by atoms with van der Waals surface area (Å²) in [5.74, 6) is -0.318. The topological polar surface area (TPSA) is 87.7 Å². The predicted octanol–water partition coefficient (Wildman–Crippen LogP) is 1.03. The third-order valence-corrected chi connectivity index (χ3v) is 4.51. The molecule has 0 aromatic heterocycles. The molecule has 1 aliphatic carbocycles. The Morgan fingerprint density at radius 2 is 1.78 bits per heavy atom. The third kappa shape index (κ3) is 4.14. The van der Waals surface area contributed by atoms with E-state index in [0.29, 0.717) is 51.9 Å². The minimum absolute atomic E-state index is 0.0182. The summed E-state index contributed by atoms with van der Waals surface area (Å²) >= 11 is 0. The van der Waals surface area contributed by atoms with Crippen molar-refractivity contribution in [3.05, 3.63) is 0 Å². The van der Waals surface area contributed by atoms with Crippen molar-refractivity contribution in [3.63, 3.8) is 0 Å². The molecule has 3 amide bonds. The van der Waals surface area contributed by atoms with Gasteiger partial charge in [0, 0.05) is 25.7 Å². The Morgan fingerprint density at radius 3 is 2.30 bits per heavy atom. The zero-order chi connectivity index (χ0) is 16.9. The lowest BCUT2D eigenvalue weighted by Gasteiger charge is -2.32. The van der Waals surface area contributed by atoms with E-state index in [2.05, 4.69) is 10.6 Å². The summed E-state index contributed by atoms with van der Waals surface area (Å²) in [5, 5.41) is 5.81. The van der Waals surface area contributed by atoms with E-state index in [1.165, 1.54) is 0 Å². The van der Waals surface area contributed by atoms with Crippen LogP contribution in [0.1, 0.15) is 46.0 Å². The normalized spacial score (nSPS) is 19.8. The maximum Gasteiger partial charge on any atom is 0.409 e. The minimum Gasteiger partial charge on any atom is -0.450 e. The minimum atomic E-state index is -0.854. The molecule has 7 heteroatoms. The Balaban J connectivity index is 1.79. The number of hydrogen-bond acceptors (Lipinski definition) is 4. The number of rotatable bonds is 6. The summed E-state index contributed by atoms with van der Waals surface area (Å²) in [7, 11) is 0. The predicted molar refractivity (Wildman–Crippen MR) is 84.7 cm³/mol. The van der Waals surface area contributed by atoms with Crippen LogP contribution in [0.15, 0.2) is 0 Å². The van der Waals surface area contributed by atoms with Crippen LogP contribution in [0.3, 0.4) is 0 Å². The summed E-state index contributed by atoms with van der Waals surface area (Å²) in [4.78, 5) is 37.9. The number of hydrogen-bond donors (Lipinski definition) is 2. The van der Waals surface area contributed by atoms with Crippen molar-refractivity contribution in [3.8, 4) is 0 Å². The van der Waals surface area contributed by atoms with E-state index in [9.17, 15) is 14.4 Å². The van der Waals surface area contributed by atoms with Crippen molar-refractivity contribution in [1.29, 1.82) is 0 Å². The largest absolute Gasteiger partial charge is 0.450 e. The first-order valence-corrected chi connectivity index (χ1v) is 8.54. The van der Waals surface area contributed by atoms with Gasteiger partial charge in [0.1, 0.15) is 5.41 Å². The molecule has 2 fully saturated rings. The molecule has 2 rings (SSSR count). The number of carbonyl (C=O) groups excluding carboxylic acids is 3. The quantitative estimate of drug-likeness (QED) is 0.714. The first-order valence-electron chi connectivity index (χ1n) is 8.54. The Kier molecular flexibility index (Phi) is 5.85. The molecule has 0 atom stereocenters. The fraction of sp³-hybridized carbons (Fsp3) is 0.812. The molecule has 7 nitrogen and oxygen atoms in total. The fourth-order valence-electron chi connectivity index (χ4n) is 2.83.